The van der Waals surface area contributed by atoms with Crippen molar-refractivity contribution in [2.75, 3.05) is 11.9 Å². The fourth-order valence-electron chi connectivity index (χ4n) is 3.16. The average Bonchev–Trinajstić information content (AvgIpc) is 2.84. The smallest absolute Gasteiger partial charge is 0.266 e. The van der Waals surface area contributed by atoms with Crippen molar-refractivity contribution in [3.05, 3.63) is 91.4 Å². The van der Waals surface area contributed by atoms with Crippen LogP contribution in [0.15, 0.2) is 64.6 Å². The van der Waals surface area contributed by atoms with Crippen molar-refractivity contribution in [2.45, 2.75) is 26.9 Å². The highest BCUT2D eigenvalue weighted by Gasteiger charge is 2.15. The first-order valence-electron chi connectivity index (χ1n) is 10.9. The van der Waals surface area contributed by atoms with E-state index in [1.807, 2.05) is 37.3 Å². The minimum atomic E-state index is -0.501. The van der Waals surface area contributed by atoms with Crippen molar-refractivity contribution in [3.63, 3.8) is 0 Å². The molecule has 3 aromatic carbocycles. The Balaban J connectivity index is 1.83. The van der Waals surface area contributed by atoms with E-state index in [0.717, 1.165) is 17.5 Å². The summed E-state index contributed by atoms with van der Waals surface area (Å²) in [4.78, 5) is 12.7. The van der Waals surface area contributed by atoms with E-state index in [-0.39, 0.29) is 12.2 Å². The largest absolute Gasteiger partial charge is 0.490 e. The molecule has 0 aromatic heterocycles. The fraction of sp³-hybridized carbons (Fsp3) is 0.185. The normalized spacial score (nSPS) is 11.0. The molecule has 0 atom stereocenters. The highest BCUT2D eigenvalue weighted by atomic mass is 79.9. The number of rotatable bonds is 9. The van der Waals surface area contributed by atoms with Crippen LogP contribution in [0.5, 0.6) is 11.5 Å². The van der Waals surface area contributed by atoms with Crippen LogP contribution in [0.3, 0.4) is 0 Å². The zero-order chi connectivity index (χ0) is 25.4. The predicted molar refractivity (Wildman–Crippen MR) is 144 cm³/mol. The first kappa shape index (κ1) is 26.6. The summed E-state index contributed by atoms with van der Waals surface area (Å²) in [5.74, 6) is 0.458. The van der Waals surface area contributed by atoms with E-state index in [9.17, 15) is 10.1 Å². The molecular weight excluding hydrogens is 551 g/mol. The quantitative estimate of drug-likeness (QED) is 0.209. The summed E-state index contributed by atoms with van der Waals surface area (Å²) < 4.78 is 12.3. The van der Waals surface area contributed by atoms with Gasteiger partial charge in [-0.2, -0.15) is 5.26 Å². The number of halogens is 3. The number of nitriles is 1. The minimum absolute atomic E-state index is 0.0469. The van der Waals surface area contributed by atoms with Crippen LogP contribution in [0.4, 0.5) is 5.69 Å². The Kier molecular flexibility index (Phi) is 9.62. The van der Waals surface area contributed by atoms with Gasteiger partial charge in [-0.05, 0) is 66.9 Å². The Hall–Kier alpha value is -2.98. The monoisotopic (exact) mass is 572 g/mol. The molecular formula is C27H23BrCl2N2O3. The molecule has 0 unspecified atom stereocenters. The number of nitrogens with zero attached hydrogens (tertiary/aromatic N) is 1. The summed E-state index contributed by atoms with van der Waals surface area (Å²) >= 11 is 15.7. The molecule has 1 N–H and O–H groups in total. The SMILES string of the molecule is CCOc1cc(/C=C(\C#N)C(=O)Nc2ccc(CC)cc2)c(Br)cc1OCc1ccc(Cl)cc1Cl. The molecule has 0 bridgehead atoms. The Morgan fingerprint density at radius 1 is 1.06 bits per heavy atom. The van der Waals surface area contributed by atoms with Gasteiger partial charge in [0, 0.05) is 25.8 Å². The summed E-state index contributed by atoms with van der Waals surface area (Å²) in [6, 6.07) is 18.1. The molecule has 0 radical (unpaired) electrons. The lowest BCUT2D eigenvalue weighted by Crippen LogP contribution is -2.13. The number of anilines is 1. The standard InChI is InChI=1S/C27H23BrCl2N2O3/c1-3-17-5-9-22(10-6-17)32-27(33)20(15-31)11-19-12-25(34-4-2)26(14-23(19)28)35-16-18-7-8-21(29)13-24(18)30/h5-14H,3-4,16H2,1-2H3,(H,32,33)/b20-11+. The second-order valence-electron chi connectivity index (χ2n) is 7.45. The summed E-state index contributed by atoms with van der Waals surface area (Å²) in [7, 11) is 0. The molecule has 0 aliphatic rings. The zero-order valence-corrected chi connectivity index (χ0v) is 22.3. The van der Waals surface area contributed by atoms with E-state index >= 15 is 0 Å². The maximum atomic E-state index is 12.7. The molecule has 35 heavy (non-hydrogen) atoms. The topological polar surface area (TPSA) is 71.3 Å². The van der Waals surface area contributed by atoms with E-state index in [4.69, 9.17) is 32.7 Å². The summed E-state index contributed by atoms with van der Waals surface area (Å²) in [6.07, 6.45) is 2.41. The van der Waals surface area contributed by atoms with Gasteiger partial charge in [-0.15, -0.1) is 0 Å². The number of ether oxygens (including phenoxy) is 2. The van der Waals surface area contributed by atoms with Crippen molar-refractivity contribution in [1.29, 1.82) is 5.26 Å². The predicted octanol–water partition coefficient (Wildman–Crippen LogP) is 7.84. The molecule has 0 fully saturated rings. The van der Waals surface area contributed by atoms with Gasteiger partial charge in [0.1, 0.15) is 18.2 Å². The van der Waals surface area contributed by atoms with Crippen molar-refractivity contribution in [2.24, 2.45) is 0 Å². The number of nitrogens with one attached hydrogen (secondary N) is 1. The summed E-state index contributed by atoms with van der Waals surface area (Å²) in [6.45, 7) is 4.53. The third kappa shape index (κ3) is 7.25. The van der Waals surface area contributed by atoms with Crippen molar-refractivity contribution < 1.29 is 14.3 Å². The minimum Gasteiger partial charge on any atom is -0.490 e. The van der Waals surface area contributed by atoms with Crippen LogP contribution in [0.1, 0.15) is 30.5 Å². The van der Waals surface area contributed by atoms with Crippen LogP contribution in [-0.4, -0.2) is 12.5 Å². The van der Waals surface area contributed by atoms with Gasteiger partial charge in [0.05, 0.1) is 6.61 Å². The number of amides is 1. The van der Waals surface area contributed by atoms with Crippen LogP contribution in [0.25, 0.3) is 6.08 Å². The lowest BCUT2D eigenvalue weighted by molar-refractivity contribution is -0.112. The van der Waals surface area contributed by atoms with Gasteiger partial charge in [0.15, 0.2) is 11.5 Å². The number of benzene rings is 3. The highest BCUT2D eigenvalue weighted by molar-refractivity contribution is 9.10. The Bertz CT molecular complexity index is 1280. The Morgan fingerprint density at radius 3 is 2.40 bits per heavy atom. The molecule has 8 heteroatoms. The third-order valence-corrected chi connectivity index (χ3v) is 6.32. The van der Waals surface area contributed by atoms with Gasteiger partial charge >= 0.3 is 0 Å². The molecule has 0 saturated heterocycles. The fourth-order valence-corrected chi connectivity index (χ4v) is 4.06. The van der Waals surface area contributed by atoms with Crippen molar-refractivity contribution in [3.8, 4) is 17.6 Å². The van der Waals surface area contributed by atoms with Crippen LogP contribution >= 0.6 is 39.1 Å². The summed E-state index contributed by atoms with van der Waals surface area (Å²) in [5, 5.41) is 13.4. The molecule has 3 aromatic rings. The van der Waals surface area contributed by atoms with E-state index in [2.05, 4.69) is 28.2 Å². The highest BCUT2D eigenvalue weighted by Crippen LogP contribution is 2.36. The van der Waals surface area contributed by atoms with E-state index in [1.165, 1.54) is 6.08 Å². The molecule has 5 nitrogen and oxygen atoms in total. The first-order chi connectivity index (χ1) is 16.8. The molecule has 0 saturated carbocycles. The lowest BCUT2D eigenvalue weighted by Gasteiger charge is -2.15. The lowest BCUT2D eigenvalue weighted by atomic mass is 10.1. The average molecular weight is 574 g/mol. The van der Waals surface area contributed by atoms with Crippen molar-refractivity contribution >= 4 is 56.8 Å². The van der Waals surface area contributed by atoms with Crippen LogP contribution in [0, 0.1) is 11.3 Å². The van der Waals surface area contributed by atoms with Gasteiger partial charge in [0.25, 0.3) is 5.91 Å². The Labute approximate surface area is 223 Å². The van der Waals surface area contributed by atoms with Gasteiger partial charge in [-0.3, -0.25) is 4.79 Å². The molecule has 0 spiro atoms. The van der Waals surface area contributed by atoms with Gasteiger partial charge < -0.3 is 14.8 Å². The van der Waals surface area contributed by atoms with Crippen LogP contribution in [-0.2, 0) is 17.8 Å². The number of hydrogen-bond acceptors (Lipinski definition) is 4. The number of carbonyl (C=O) groups is 1. The summed E-state index contributed by atoms with van der Waals surface area (Å²) in [5.41, 5.74) is 3.10. The maximum absolute atomic E-state index is 12.7. The molecule has 0 heterocycles. The Morgan fingerprint density at radius 2 is 1.77 bits per heavy atom. The second kappa shape index (κ2) is 12.6. The first-order valence-corrected chi connectivity index (χ1v) is 12.4. The van der Waals surface area contributed by atoms with Gasteiger partial charge in [-0.1, -0.05) is 64.3 Å². The van der Waals surface area contributed by atoms with E-state index < -0.39 is 5.91 Å². The third-order valence-electron chi connectivity index (χ3n) is 5.05. The number of hydrogen-bond donors (Lipinski definition) is 1. The molecule has 0 aliphatic heterocycles. The van der Waals surface area contributed by atoms with Gasteiger partial charge in [0.2, 0.25) is 0 Å². The van der Waals surface area contributed by atoms with Gasteiger partial charge in [-0.25, -0.2) is 0 Å². The van der Waals surface area contributed by atoms with Crippen LogP contribution in [0.2, 0.25) is 10.0 Å². The molecule has 1 amide bonds. The number of carbonyl (C=O) groups excluding carboxylic acids is 1. The molecule has 3 rings (SSSR count). The molecule has 180 valence electrons. The van der Waals surface area contributed by atoms with E-state index in [0.29, 0.717) is 43.9 Å². The van der Waals surface area contributed by atoms with E-state index in [1.54, 1.807) is 30.3 Å². The number of aryl methyl sites for hydroxylation is 1. The molecule has 0 aliphatic carbocycles. The second-order valence-corrected chi connectivity index (χ2v) is 9.15. The maximum Gasteiger partial charge on any atom is 0.266 e. The zero-order valence-electron chi connectivity index (χ0n) is 19.2. The van der Waals surface area contributed by atoms with Crippen molar-refractivity contribution in [1.82, 2.24) is 0 Å². The van der Waals surface area contributed by atoms with Crippen LogP contribution < -0.4 is 14.8 Å².